The minimum Gasteiger partial charge on any atom is -0.478 e. The first-order valence-corrected chi connectivity index (χ1v) is 6.76. The zero-order valence-corrected chi connectivity index (χ0v) is 10.4. The fraction of sp³-hybridized carbons (Fsp3) is 0.556. The second-order valence-corrected chi connectivity index (χ2v) is 4.81. The number of thioether (sulfide) groups is 1. The van der Waals surface area contributed by atoms with Crippen LogP contribution in [0.2, 0.25) is 0 Å². The summed E-state index contributed by atoms with van der Waals surface area (Å²) in [6, 6.07) is 0. The monoisotopic (exact) mass is 246 g/mol. The summed E-state index contributed by atoms with van der Waals surface area (Å²) in [6.45, 7) is 2.51. The van der Waals surface area contributed by atoms with Crippen molar-refractivity contribution in [1.29, 1.82) is 0 Å². The van der Waals surface area contributed by atoms with Crippen LogP contribution in [0.25, 0.3) is 0 Å². The lowest BCUT2D eigenvalue weighted by Gasteiger charge is -2.03. The molecule has 4 nitrogen and oxygen atoms in total. The Morgan fingerprint density at radius 2 is 2.40 bits per heavy atom. The molecule has 0 radical (unpaired) electrons. The van der Waals surface area contributed by atoms with Gasteiger partial charge >= 0.3 is 5.97 Å². The number of aromatic carboxylic acids is 1. The Balaban J connectivity index is 2.57. The molecule has 0 spiro atoms. The van der Waals surface area contributed by atoms with Gasteiger partial charge in [0.2, 0.25) is 0 Å². The van der Waals surface area contributed by atoms with Gasteiger partial charge in [-0.3, -0.25) is 0 Å². The highest BCUT2D eigenvalue weighted by Gasteiger charge is 2.16. The van der Waals surface area contributed by atoms with Gasteiger partial charge in [-0.1, -0.05) is 0 Å². The molecule has 0 atom stereocenters. The Hall–Kier alpha value is -0.750. The molecule has 1 rings (SSSR count). The molecule has 6 heteroatoms. The summed E-state index contributed by atoms with van der Waals surface area (Å²) in [5, 5.41) is 12.7. The fourth-order valence-corrected chi connectivity index (χ4v) is 2.41. The Morgan fingerprint density at radius 1 is 1.67 bits per heavy atom. The number of rotatable bonds is 6. The van der Waals surface area contributed by atoms with Crippen molar-refractivity contribution < 1.29 is 9.90 Å². The lowest BCUT2D eigenvalue weighted by Crippen LogP contribution is -2.06. The maximum Gasteiger partial charge on any atom is 0.340 e. The lowest BCUT2D eigenvalue weighted by molar-refractivity contribution is 0.0697. The van der Waals surface area contributed by atoms with Crippen LogP contribution in [0.15, 0.2) is 0 Å². The van der Waals surface area contributed by atoms with Crippen molar-refractivity contribution in [2.45, 2.75) is 13.3 Å². The number of hydrogen-bond acceptors (Lipinski definition) is 5. The fourth-order valence-electron chi connectivity index (χ4n) is 1.16. The van der Waals surface area contributed by atoms with Crippen LogP contribution in [0.1, 0.15) is 22.5 Å². The zero-order chi connectivity index (χ0) is 11.3. The smallest absolute Gasteiger partial charge is 0.340 e. The molecule has 0 aromatic carbocycles. The summed E-state index contributed by atoms with van der Waals surface area (Å²) >= 11 is 3.00. The predicted octanol–water partition coefficient (Wildman–Crippen LogP) is 2.31. The first-order valence-electron chi connectivity index (χ1n) is 4.59. The first-order chi connectivity index (χ1) is 7.16. The van der Waals surface area contributed by atoms with Gasteiger partial charge in [-0.05, 0) is 36.9 Å². The van der Waals surface area contributed by atoms with E-state index in [1.165, 1.54) is 11.5 Å². The topological polar surface area (TPSA) is 62.2 Å². The van der Waals surface area contributed by atoms with Gasteiger partial charge < -0.3 is 10.4 Å². The predicted molar refractivity (Wildman–Crippen MR) is 65.3 cm³/mol. The van der Waals surface area contributed by atoms with E-state index in [-0.39, 0.29) is 0 Å². The molecule has 0 saturated heterocycles. The quantitative estimate of drug-likeness (QED) is 0.754. The highest BCUT2D eigenvalue weighted by Crippen LogP contribution is 2.24. The molecule has 0 aliphatic heterocycles. The second-order valence-electron chi connectivity index (χ2n) is 3.05. The SMILES string of the molecule is CSCCCNc1snc(C)c1C(=O)O. The largest absolute Gasteiger partial charge is 0.478 e. The second kappa shape index (κ2) is 5.97. The molecule has 0 unspecified atom stereocenters. The number of nitrogens with one attached hydrogen (secondary N) is 1. The minimum atomic E-state index is -0.909. The van der Waals surface area contributed by atoms with E-state index in [1.807, 2.05) is 0 Å². The number of hydrogen-bond donors (Lipinski definition) is 2. The van der Waals surface area contributed by atoms with E-state index in [4.69, 9.17) is 5.11 Å². The van der Waals surface area contributed by atoms with Gasteiger partial charge in [-0.25, -0.2) is 4.79 Å². The van der Waals surface area contributed by atoms with Crippen LogP contribution in [0.3, 0.4) is 0 Å². The van der Waals surface area contributed by atoms with Crippen molar-refractivity contribution in [3.8, 4) is 0 Å². The molecule has 0 bridgehead atoms. The summed E-state index contributed by atoms with van der Waals surface area (Å²) in [5.41, 5.74) is 0.893. The average molecular weight is 246 g/mol. The third kappa shape index (κ3) is 3.39. The number of aromatic nitrogens is 1. The first kappa shape index (κ1) is 12.3. The van der Waals surface area contributed by atoms with Crippen LogP contribution in [-0.4, -0.2) is 34.0 Å². The third-order valence-electron chi connectivity index (χ3n) is 1.89. The lowest BCUT2D eigenvalue weighted by atomic mass is 10.2. The minimum absolute atomic E-state index is 0.309. The van der Waals surface area contributed by atoms with E-state index in [2.05, 4.69) is 15.9 Å². The number of carboxylic acid groups (broad SMARTS) is 1. The van der Waals surface area contributed by atoms with Crippen LogP contribution in [0.5, 0.6) is 0 Å². The Kier molecular flexibility index (Phi) is 4.90. The van der Waals surface area contributed by atoms with Crippen molar-refractivity contribution in [3.05, 3.63) is 11.3 Å². The molecular weight excluding hydrogens is 232 g/mol. The highest BCUT2D eigenvalue weighted by molar-refractivity contribution is 7.98. The standard InChI is InChI=1S/C9H14N2O2S2/c1-6-7(9(12)13)8(15-11-6)10-4-3-5-14-2/h10H,3-5H2,1-2H3,(H,12,13). The van der Waals surface area contributed by atoms with E-state index < -0.39 is 5.97 Å². The van der Waals surface area contributed by atoms with E-state index in [1.54, 1.807) is 18.7 Å². The molecular formula is C9H14N2O2S2. The van der Waals surface area contributed by atoms with E-state index in [0.29, 0.717) is 16.3 Å². The maximum atomic E-state index is 10.9. The van der Waals surface area contributed by atoms with Crippen LogP contribution in [0, 0.1) is 6.92 Å². The van der Waals surface area contributed by atoms with Crippen molar-refractivity contribution in [1.82, 2.24) is 4.37 Å². The molecule has 0 aliphatic carbocycles. The molecule has 1 heterocycles. The number of carboxylic acids is 1. The van der Waals surface area contributed by atoms with Crippen molar-refractivity contribution >= 4 is 34.3 Å². The molecule has 0 saturated carbocycles. The van der Waals surface area contributed by atoms with Gasteiger partial charge in [0, 0.05) is 6.54 Å². The maximum absolute atomic E-state index is 10.9. The molecule has 84 valence electrons. The molecule has 2 N–H and O–H groups in total. The molecule has 0 fully saturated rings. The van der Waals surface area contributed by atoms with Gasteiger partial charge in [0.15, 0.2) is 0 Å². The van der Waals surface area contributed by atoms with Gasteiger partial charge in [0.1, 0.15) is 10.6 Å². The highest BCUT2D eigenvalue weighted by atomic mass is 32.2. The summed E-state index contributed by atoms with van der Waals surface area (Å²) < 4.78 is 4.03. The Morgan fingerprint density at radius 3 is 3.00 bits per heavy atom. The van der Waals surface area contributed by atoms with Crippen LogP contribution < -0.4 is 5.32 Å². The van der Waals surface area contributed by atoms with Crippen molar-refractivity contribution in [2.75, 3.05) is 23.9 Å². The van der Waals surface area contributed by atoms with E-state index >= 15 is 0 Å². The third-order valence-corrected chi connectivity index (χ3v) is 3.48. The van der Waals surface area contributed by atoms with E-state index in [9.17, 15) is 4.79 Å². The number of carbonyl (C=O) groups is 1. The van der Waals surface area contributed by atoms with Gasteiger partial charge in [-0.15, -0.1) is 0 Å². The molecule has 1 aromatic heterocycles. The number of nitrogens with zero attached hydrogens (tertiary/aromatic N) is 1. The summed E-state index contributed by atoms with van der Waals surface area (Å²) in [4.78, 5) is 10.9. The summed E-state index contributed by atoms with van der Waals surface area (Å²) in [5.74, 6) is 0.168. The van der Waals surface area contributed by atoms with Crippen LogP contribution in [-0.2, 0) is 0 Å². The van der Waals surface area contributed by atoms with Crippen LogP contribution >= 0.6 is 23.3 Å². The molecule has 15 heavy (non-hydrogen) atoms. The Labute approximate surface area is 97.3 Å². The summed E-state index contributed by atoms with van der Waals surface area (Å²) in [6.07, 6.45) is 3.08. The normalized spacial score (nSPS) is 10.3. The van der Waals surface area contributed by atoms with Crippen molar-refractivity contribution in [3.63, 3.8) is 0 Å². The average Bonchev–Trinajstić information content (AvgIpc) is 2.54. The number of anilines is 1. The van der Waals surface area contributed by atoms with Gasteiger partial charge in [0.05, 0.1) is 5.69 Å². The van der Waals surface area contributed by atoms with Crippen molar-refractivity contribution in [2.24, 2.45) is 0 Å². The van der Waals surface area contributed by atoms with Crippen LogP contribution in [0.4, 0.5) is 5.00 Å². The Bertz CT molecular complexity index is 339. The summed E-state index contributed by atoms with van der Waals surface area (Å²) in [7, 11) is 0. The zero-order valence-electron chi connectivity index (χ0n) is 8.74. The van der Waals surface area contributed by atoms with Gasteiger partial charge in [-0.2, -0.15) is 16.1 Å². The number of aryl methyl sites for hydroxylation is 1. The molecule has 1 aromatic rings. The molecule has 0 aliphatic rings. The van der Waals surface area contributed by atoms with Gasteiger partial charge in [0.25, 0.3) is 0 Å². The van der Waals surface area contributed by atoms with E-state index in [0.717, 1.165) is 18.7 Å². The molecule has 0 amide bonds.